The number of nitrogens with zero attached hydrogens (tertiary/aromatic N) is 3. The maximum absolute atomic E-state index is 12.9. The molecule has 1 aliphatic heterocycles. The lowest BCUT2D eigenvalue weighted by Crippen LogP contribution is -2.40. The van der Waals surface area contributed by atoms with Gasteiger partial charge in [0, 0.05) is 25.4 Å². The fourth-order valence-corrected chi connectivity index (χ4v) is 6.53. The van der Waals surface area contributed by atoms with Gasteiger partial charge in [-0.1, -0.05) is 29.5 Å². The van der Waals surface area contributed by atoms with Crippen molar-refractivity contribution in [2.45, 2.75) is 33.2 Å². The van der Waals surface area contributed by atoms with Crippen molar-refractivity contribution < 1.29 is 27.5 Å². The van der Waals surface area contributed by atoms with Gasteiger partial charge in [-0.2, -0.15) is 4.99 Å². The van der Waals surface area contributed by atoms with E-state index >= 15 is 0 Å². The summed E-state index contributed by atoms with van der Waals surface area (Å²) in [6, 6.07) is 13.1. The molecule has 0 unspecified atom stereocenters. The highest BCUT2D eigenvalue weighted by Crippen LogP contribution is 2.27. The zero-order valence-corrected chi connectivity index (χ0v) is 22.6. The molecule has 0 aliphatic carbocycles. The second-order valence-corrected chi connectivity index (χ2v) is 11.7. The number of sulfone groups is 1. The van der Waals surface area contributed by atoms with E-state index in [1.165, 1.54) is 16.2 Å². The maximum Gasteiger partial charge on any atom is 0.263 e. The van der Waals surface area contributed by atoms with Crippen LogP contribution in [0.2, 0.25) is 0 Å². The van der Waals surface area contributed by atoms with Crippen LogP contribution in [0.25, 0.3) is 10.2 Å². The highest BCUT2D eigenvalue weighted by molar-refractivity contribution is 7.92. The number of benzene rings is 2. The molecule has 9 nitrogen and oxygen atoms in total. The average Bonchev–Trinajstić information content (AvgIpc) is 3.19. The third-order valence-electron chi connectivity index (χ3n) is 5.95. The number of carbonyl (C=O) groups excluding carboxylic acids is 2. The number of rotatable bonds is 10. The van der Waals surface area contributed by atoms with Gasteiger partial charge in [-0.3, -0.25) is 9.59 Å². The molecule has 0 N–H and O–H groups in total. The SMILES string of the molecule is CCOCCn1c(=NC(=O)CS(=O)(=O)CC(=O)N2CCCc3ccccc32)sc2cc(OCC)ccc21. The smallest absolute Gasteiger partial charge is 0.263 e. The number of carbonyl (C=O) groups is 2. The fourth-order valence-electron chi connectivity index (χ4n) is 4.35. The van der Waals surface area contributed by atoms with Crippen LogP contribution in [-0.4, -0.2) is 62.7 Å². The summed E-state index contributed by atoms with van der Waals surface area (Å²) in [6.07, 6.45) is 1.60. The normalized spacial score (nSPS) is 14.1. The molecule has 2 heterocycles. The molecular weight excluding hydrogens is 514 g/mol. The third-order valence-corrected chi connectivity index (χ3v) is 8.36. The molecule has 4 rings (SSSR count). The molecule has 11 heteroatoms. The lowest BCUT2D eigenvalue weighted by Gasteiger charge is -2.29. The van der Waals surface area contributed by atoms with Gasteiger partial charge in [0.1, 0.15) is 17.3 Å². The van der Waals surface area contributed by atoms with Crippen LogP contribution >= 0.6 is 11.3 Å². The standard InChI is InChI=1S/C26H31N3O6S2/c1-3-34-15-14-29-22-12-11-20(35-4-2)16-23(22)36-26(29)27-24(30)17-37(32,33)18-25(31)28-13-7-9-19-8-5-6-10-21(19)28/h5-6,8,10-12,16H,3-4,7,9,13-15,17-18H2,1-2H3. The Labute approximate surface area is 220 Å². The van der Waals surface area contributed by atoms with E-state index in [-0.39, 0.29) is 0 Å². The number of anilines is 1. The van der Waals surface area contributed by atoms with Crippen molar-refractivity contribution in [3.8, 4) is 5.75 Å². The van der Waals surface area contributed by atoms with E-state index in [1.807, 2.05) is 60.9 Å². The van der Waals surface area contributed by atoms with Gasteiger partial charge in [-0.25, -0.2) is 8.42 Å². The number of amides is 2. The molecule has 3 aromatic rings. The lowest BCUT2D eigenvalue weighted by molar-refractivity contribution is -0.116. The highest BCUT2D eigenvalue weighted by Gasteiger charge is 2.28. The minimum Gasteiger partial charge on any atom is -0.494 e. The van der Waals surface area contributed by atoms with Crippen LogP contribution < -0.4 is 14.4 Å². The van der Waals surface area contributed by atoms with Crippen molar-refractivity contribution in [2.75, 3.05) is 42.8 Å². The first-order valence-electron chi connectivity index (χ1n) is 12.3. The van der Waals surface area contributed by atoms with Crippen LogP contribution in [0, 0.1) is 0 Å². The van der Waals surface area contributed by atoms with Gasteiger partial charge in [0.2, 0.25) is 5.91 Å². The molecule has 2 aromatic carbocycles. The monoisotopic (exact) mass is 545 g/mol. The van der Waals surface area contributed by atoms with Gasteiger partial charge in [0.25, 0.3) is 5.91 Å². The van der Waals surface area contributed by atoms with E-state index in [2.05, 4.69) is 4.99 Å². The van der Waals surface area contributed by atoms with Crippen molar-refractivity contribution in [2.24, 2.45) is 4.99 Å². The molecule has 1 aliphatic rings. The van der Waals surface area contributed by atoms with Crippen molar-refractivity contribution in [1.29, 1.82) is 0 Å². The van der Waals surface area contributed by atoms with Crippen LogP contribution in [0.3, 0.4) is 0 Å². The second-order valence-electron chi connectivity index (χ2n) is 8.61. The number of aromatic nitrogens is 1. The van der Waals surface area contributed by atoms with Crippen LogP contribution in [0.5, 0.6) is 5.75 Å². The summed E-state index contributed by atoms with van der Waals surface area (Å²) in [5, 5.41) is 0. The lowest BCUT2D eigenvalue weighted by atomic mass is 10.0. The van der Waals surface area contributed by atoms with E-state index in [4.69, 9.17) is 9.47 Å². The molecule has 0 fully saturated rings. The molecule has 0 saturated carbocycles. The first kappa shape index (κ1) is 27.0. The predicted octanol–water partition coefficient (Wildman–Crippen LogP) is 2.96. The van der Waals surface area contributed by atoms with E-state index < -0.39 is 33.2 Å². The molecule has 198 valence electrons. The van der Waals surface area contributed by atoms with Crippen molar-refractivity contribution in [1.82, 2.24) is 4.57 Å². The first-order valence-corrected chi connectivity index (χ1v) is 14.9. The fraction of sp³-hybridized carbons (Fsp3) is 0.423. The summed E-state index contributed by atoms with van der Waals surface area (Å²) in [5.41, 5.74) is 2.60. The number of fused-ring (bicyclic) bond motifs is 2. The Hall–Kier alpha value is -3.02. The van der Waals surface area contributed by atoms with Crippen LogP contribution in [-0.2, 0) is 37.1 Å². The van der Waals surface area contributed by atoms with Gasteiger partial charge in [0.15, 0.2) is 14.6 Å². The Kier molecular flexibility index (Phi) is 8.78. The van der Waals surface area contributed by atoms with Crippen LogP contribution in [0.1, 0.15) is 25.8 Å². The summed E-state index contributed by atoms with van der Waals surface area (Å²) >= 11 is 1.28. The molecule has 37 heavy (non-hydrogen) atoms. The number of hydrogen-bond acceptors (Lipinski definition) is 7. The molecule has 1 aromatic heterocycles. The molecule has 0 atom stereocenters. The highest BCUT2D eigenvalue weighted by atomic mass is 32.2. The molecule has 0 radical (unpaired) electrons. The molecule has 2 amide bonds. The summed E-state index contributed by atoms with van der Waals surface area (Å²) in [7, 11) is -4.01. The van der Waals surface area contributed by atoms with Gasteiger partial charge in [-0.15, -0.1) is 0 Å². The van der Waals surface area contributed by atoms with E-state index in [0.29, 0.717) is 43.5 Å². The number of aryl methyl sites for hydroxylation is 1. The number of ether oxygens (including phenoxy) is 2. The predicted molar refractivity (Wildman–Crippen MR) is 144 cm³/mol. The Balaban J connectivity index is 1.54. The first-order chi connectivity index (χ1) is 17.8. The van der Waals surface area contributed by atoms with E-state index in [1.54, 1.807) is 0 Å². The maximum atomic E-state index is 12.9. The van der Waals surface area contributed by atoms with Gasteiger partial charge in [0.05, 0.1) is 23.4 Å². The largest absolute Gasteiger partial charge is 0.494 e. The average molecular weight is 546 g/mol. The Morgan fingerprint density at radius 3 is 2.68 bits per heavy atom. The summed E-state index contributed by atoms with van der Waals surface area (Å²) in [5.74, 6) is -2.22. The van der Waals surface area contributed by atoms with Crippen molar-refractivity contribution >= 4 is 48.9 Å². The topological polar surface area (TPSA) is 107 Å². The summed E-state index contributed by atoms with van der Waals surface area (Å²) < 4.78 is 39.4. The second kappa shape index (κ2) is 12.0. The molecule has 0 spiro atoms. The quantitative estimate of drug-likeness (QED) is 0.363. The van der Waals surface area contributed by atoms with Crippen molar-refractivity contribution in [3.63, 3.8) is 0 Å². The minimum absolute atomic E-state index is 0.375. The summed E-state index contributed by atoms with van der Waals surface area (Å²) in [6.45, 7) is 6.19. The Morgan fingerprint density at radius 1 is 1.08 bits per heavy atom. The van der Waals surface area contributed by atoms with Crippen LogP contribution in [0.4, 0.5) is 5.69 Å². The molecule has 0 bridgehead atoms. The molecule has 0 saturated heterocycles. The number of hydrogen-bond donors (Lipinski definition) is 0. The zero-order chi connectivity index (χ0) is 26.4. The van der Waals surface area contributed by atoms with Gasteiger partial charge < -0.3 is 18.9 Å². The van der Waals surface area contributed by atoms with Gasteiger partial charge >= 0.3 is 0 Å². The summed E-state index contributed by atoms with van der Waals surface area (Å²) in [4.78, 5) is 31.7. The number of thiazole rings is 1. The Morgan fingerprint density at radius 2 is 1.89 bits per heavy atom. The van der Waals surface area contributed by atoms with E-state index in [9.17, 15) is 18.0 Å². The van der Waals surface area contributed by atoms with E-state index in [0.717, 1.165) is 34.3 Å². The minimum atomic E-state index is -4.01. The third kappa shape index (κ3) is 6.65. The number of para-hydroxylation sites is 1. The van der Waals surface area contributed by atoms with Crippen LogP contribution in [0.15, 0.2) is 47.5 Å². The van der Waals surface area contributed by atoms with Crippen molar-refractivity contribution in [3.05, 3.63) is 52.8 Å². The Bertz CT molecular complexity index is 1460. The zero-order valence-electron chi connectivity index (χ0n) is 21.0. The van der Waals surface area contributed by atoms with Gasteiger partial charge in [-0.05, 0) is 56.5 Å². The molecular formula is C26H31N3O6S2.